The van der Waals surface area contributed by atoms with Crippen LogP contribution in [-0.4, -0.2) is 22.7 Å². The molecule has 1 unspecified atom stereocenters. The van der Waals surface area contributed by atoms with Gasteiger partial charge in [0.15, 0.2) is 0 Å². The van der Waals surface area contributed by atoms with Crippen LogP contribution in [0.4, 0.5) is 30.2 Å². The van der Waals surface area contributed by atoms with Gasteiger partial charge in [0.2, 0.25) is 5.82 Å². The first-order chi connectivity index (χ1) is 14.9. The maximum Gasteiger partial charge on any atom is 0.418 e. The number of hydrogen-bond donors (Lipinski definition) is 1. The molecular formula is C21H19F3IN5O. The zero-order valence-electron chi connectivity index (χ0n) is 16.6. The Bertz CT molecular complexity index is 1160. The summed E-state index contributed by atoms with van der Waals surface area (Å²) in [7, 11) is 0. The van der Waals surface area contributed by atoms with Crippen LogP contribution in [0, 0.1) is 0 Å². The van der Waals surface area contributed by atoms with Crippen molar-refractivity contribution in [3.63, 3.8) is 0 Å². The van der Waals surface area contributed by atoms with E-state index in [9.17, 15) is 13.2 Å². The van der Waals surface area contributed by atoms with Crippen LogP contribution in [0.1, 0.15) is 31.7 Å². The quantitative estimate of drug-likeness (QED) is 0.288. The molecule has 1 fully saturated rings. The summed E-state index contributed by atoms with van der Waals surface area (Å²) in [6, 6.07) is 9.91. The molecular weight excluding hydrogens is 522 g/mol. The predicted octanol–water partition coefficient (Wildman–Crippen LogP) is 6.93. The molecule has 0 radical (unpaired) electrons. The maximum absolute atomic E-state index is 13.9. The normalized spacial score (nSPS) is 18.5. The lowest BCUT2D eigenvalue weighted by Crippen LogP contribution is -2.38. The van der Waals surface area contributed by atoms with Gasteiger partial charge in [-0.25, -0.2) is 3.15 Å². The van der Waals surface area contributed by atoms with Gasteiger partial charge in [0.1, 0.15) is 21.3 Å². The third-order valence-electron chi connectivity index (χ3n) is 5.62. The molecule has 5 rings (SSSR count). The van der Waals surface area contributed by atoms with Gasteiger partial charge in [-0.3, -0.25) is 0 Å². The van der Waals surface area contributed by atoms with Gasteiger partial charge < -0.3 is 13.0 Å². The number of alkyl halides is 3. The summed E-state index contributed by atoms with van der Waals surface area (Å²) in [5, 5.41) is 3.97. The molecule has 0 aliphatic carbocycles. The molecule has 1 atom stereocenters. The van der Waals surface area contributed by atoms with Crippen LogP contribution >= 0.6 is 21.3 Å². The second-order valence-electron chi connectivity index (χ2n) is 7.69. The fraction of sp³-hybridized carbons (Fsp3) is 0.333. The van der Waals surface area contributed by atoms with E-state index in [-0.39, 0.29) is 23.2 Å². The first-order valence-electron chi connectivity index (χ1n) is 9.97. The highest BCUT2D eigenvalue weighted by atomic mass is 127. The summed E-state index contributed by atoms with van der Waals surface area (Å²) in [5.41, 5.74) is 2.30. The molecule has 0 spiro atoms. The fourth-order valence-corrected chi connectivity index (χ4v) is 5.49. The zero-order chi connectivity index (χ0) is 21.6. The number of fused-ring (bicyclic) bond motifs is 1. The van der Waals surface area contributed by atoms with E-state index in [2.05, 4.69) is 16.8 Å². The monoisotopic (exact) mass is 541 g/mol. The van der Waals surface area contributed by atoms with Gasteiger partial charge in [-0.1, -0.05) is 5.16 Å². The number of nitrogens with one attached hydrogen (secondary N) is 1. The Morgan fingerprint density at radius 2 is 1.97 bits per heavy atom. The van der Waals surface area contributed by atoms with Crippen LogP contribution in [0.3, 0.4) is 0 Å². The highest BCUT2D eigenvalue weighted by Crippen LogP contribution is 2.42. The lowest BCUT2D eigenvalue weighted by molar-refractivity contribution is -0.137. The van der Waals surface area contributed by atoms with Crippen molar-refractivity contribution in [1.82, 2.24) is 10.1 Å². The van der Waals surface area contributed by atoms with Gasteiger partial charge >= 0.3 is 6.18 Å². The molecule has 162 valence electrons. The molecule has 1 aromatic heterocycles. The van der Waals surface area contributed by atoms with Gasteiger partial charge in [-0.15, -0.1) is 0 Å². The molecule has 3 aromatic rings. The zero-order valence-corrected chi connectivity index (χ0v) is 18.7. The summed E-state index contributed by atoms with van der Waals surface area (Å²) in [6.45, 7) is 2.59. The molecule has 6 nitrogen and oxygen atoms in total. The minimum absolute atomic E-state index is 0.0572. The number of anilines is 2. The van der Waals surface area contributed by atoms with Crippen LogP contribution in [0.2, 0.25) is 0 Å². The second kappa shape index (κ2) is 7.88. The SMILES string of the molecule is CC1CCCCN1c1ccc(-c2nc(-c3ccc4c(c3)N=IN4)no2)cc1C(F)(F)F. The van der Waals surface area contributed by atoms with Gasteiger partial charge in [0, 0.05) is 29.4 Å². The third-order valence-corrected chi connectivity index (χ3v) is 7.20. The van der Waals surface area contributed by atoms with Crippen molar-refractivity contribution in [2.45, 2.75) is 38.4 Å². The molecule has 1 saturated heterocycles. The summed E-state index contributed by atoms with van der Waals surface area (Å²) in [4.78, 5) is 6.19. The van der Waals surface area contributed by atoms with E-state index < -0.39 is 33.0 Å². The first kappa shape index (κ1) is 20.4. The molecule has 31 heavy (non-hydrogen) atoms. The van der Waals surface area contributed by atoms with Crippen molar-refractivity contribution < 1.29 is 17.7 Å². The topological polar surface area (TPSA) is 66.6 Å². The van der Waals surface area contributed by atoms with E-state index in [1.807, 2.05) is 30.0 Å². The largest absolute Gasteiger partial charge is 0.418 e. The van der Waals surface area contributed by atoms with E-state index in [1.165, 1.54) is 6.07 Å². The lowest BCUT2D eigenvalue weighted by atomic mass is 9.99. The number of rotatable bonds is 3. The van der Waals surface area contributed by atoms with E-state index in [0.29, 0.717) is 17.9 Å². The number of hydrogen-bond acceptors (Lipinski definition) is 6. The van der Waals surface area contributed by atoms with Crippen molar-refractivity contribution in [1.29, 1.82) is 0 Å². The van der Waals surface area contributed by atoms with Crippen molar-refractivity contribution in [2.75, 3.05) is 15.0 Å². The van der Waals surface area contributed by atoms with Gasteiger partial charge in [0.25, 0.3) is 5.89 Å². The van der Waals surface area contributed by atoms with E-state index in [0.717, 1.165) is 36.7 Å². The Labute approximate surface area is 187 Å². The highest BCUT2D eigenvalue weighted by molar-refractivity contribution is 14.2. The van der Waals surface area contributed by atoms with Crippen molar-refractivity contribution in [3.8, 4) is 22.8 Å². The van der Waals surface area contributed by atoms with Crippen molar-refractivity contribution >= 4 is 38.4 Å². The summed E-state index contributed by atoms with van der Waals surface area (Å²) in [5.74, 6) is 0.377. The average molecular weight is 541 g/mol. The number of aromatic nitrogens is 2. The Morgan fingerprint density at radius 3 is 2.77 bits per heavy atom. The van der Waals surface area contributed by atoms with Crippen molar-refractivity contribution in [2.24, 2.45) is 3.15 Å². The Morgan fingerprint density at radius 1 is 1.13 bits per heavy atom. The molecule has 0 amide bonds. The molecule has 10 heteroatoms. The van der Waals surface area contributed by atoms with Gasteiger partial charge in [0.05, 0.1) is 16.9 Å². The van der Waals surface area contributed by atoms with Crippen LogP contribution < -0.4 is 8.43 Å². The molecule has 0 bridgehead atoms. The fourth-order valence-electron chi connectivity index (χ4n) is 3.99. The number of nitrogens with zero attached hydrogens (tertiary/aromatic N) is 4. The molecule has 0 saturated carbocycles. The van der Waals surface area contributed by atoms with Crippen LogP contribution in [-0.2, 0) is 6.18 Å². The predicted molar refractivity (Wildman–Crippen MR) is 121 cm³/mol. The molecule has 2 aromatic carbocycles. The Kier molecular flexibility index (Phi) is 5.19. The van der Waals surface area contributed by atoms with Gasteiger partial charge in [-0.2, -0.15) is 18.2 Å². The number of piperidine rings is 1. The minimum atomic E-state index is -4.48. The van der Waals surface area contributed by atoms with E-state index in [1.54, 1.807) is 6.07 Å². The van der Waals surface area contributed by atoms with Crippen molar-refractivity contribution in [3.05, 3.63) is 42.0 Å². The molecule has 2 aliphatic heterocycles. The van der Waals surface area contributed by atoms with E-state index in [4.69, 9.17) is 4.52 Å². The molecule has 2 aliphatic rings. The second-order valence-corrected chi connectivity index (χ2v) is 9.19. The van der Waals surface area contributed by atoms with Gasteiger partial charge in [-0.05, 0) is 62.6 Å². The number of benzene rings is 2. The summed E-state index contributed by atoms with van der Waals surface area (Å²) >= 11 is -0.430. The first-order valence-corrected chi connectivity index (χ1v) is 12.0. The smallest absolute Gasteiger partial charge is 0.368 e. The molecule has 1 N–H and O–H groups in total. The van der Waals surface area contributed by atoms with E-state index >= 15 is 0 Å². The average Bonchev–Trinajstić information content (AvgIpc) is 3.42. The summed E-state index contributed by atoms with van der Waals surface area (Å²) < 4.78 is 54.7. The number of halogens is 4. The Hall–Kier alpha value is -2.50. The Balaban J connectivity index is 1.50. The highest BCUT2D eigenvalue weighted by Gasteiger charge is 2.37. The minimum Gasteiger partial charge on any atom is -0.368 e. The van der Waals surface area contributed by atoms with Crippen LogP contribution in [0.25, 0.3) is 22.8 Å². The van der Waals surface area contributed by atoms with Crippen LogP contribution in [0.15, 0.2) is 44.1 Å². The third kappa shape index (κ3) is 3.92. The summed E-state index contributed by atoms with van der Waals surface area (Å²) in [6.07, 6.45) is -1.67. The standard InChI is InChI=1S/C21H19F3IN5O/c1-12-4-2-3-9-30(12)18-8-6-14(10-15(18)21(22,23)24)20-26-19(29-31-20)13-5-7-16-17(11-13)28-25-27-16/h5-8,10-12H,2-4,9H2,1H3,(H,27,28). The maximum atomic E-state index is 13.9. The molecule has 3 heterocycles. The lowest BCUT2D eigenvalue weighted by Gasteiger charge is -2.37. The van der Waals surface area contributed by atoms with Crippen LogP contribution in [0.5, 0.6) is 0 Å².